The second kappa shape index (κ2) is 4.63. The van der Waals surface area contributed by atoms with E-state index in [0.717, 1.165) is 0 Å². The van der Waals surface area contributed by atoms with E-state index in [1.165, 1.54) is 11.0 Å². The van der Waals surface area contributed by atoms with E-state index in [1.54, 1.807) is 6.20 Å². The first-order chi connectivity index (χ1) is 7.61. The van der Waals surface area contributed by atoms with Gasteiger partial charge in [0.2, 0.25) is 5.91 Å². The maximum Gasteiger partial charge on any atom is 0.228 e. The first kappa shape index (κ1) is 11.7. The molecule has 2 heterocycles. The SMILES string of the molecule is O=C1CC(CS)CN1c1ncc(Br)cc1O. The predicted octanol–water partition coefficient (Wildman–Crippen LogP) is 1.83. The Bertz CT molecular complexity index is 427. The molecule has 1 aromatic heterocycles. The van der Waals surface area contributed by atoms with E-state index in [2.05, 4.69) is 33.5 Å². The van der Waals surface area contributed by atoms with Crippen LogP contribution in [0.25, 0.3) is 0 Å². The first-order valence-corrected chi connectivity index (χ1v) is 6.30. The fourth-order valence-corrected chi connectivity index (χ4v) is 2.30. The molecule has 1 aliphatic heterocycles. The number of nitrogens with zero attached hydrogens (tertiary/aromatic N) is 2. The van der Waals surface area contributed by atoms with Gasteiger partial charge in [0.25, 0.3) is 0 Å². The van der Waals surface area contributed by atoms with Gasteiger partial charge < -0.3 is 5.11 Å². The van der Waals surface area contributed by atoms with Crippen LogP contribution in [-0.4, -0.2) is 28.3 Å². The molecule has 16 heavy (non-hydrogen) atoms. The van der Waals surface area contributed by atoms with Gasteiger partial charge in [0.05, 0.1) is 0 Å². The molecule has 1 saturated heterocycles. The summed E-state index contributed by atoms with van der Waals surface area (Å²) in [6.07, 6.45) is 2.04. The van der Waals surface area contributed by atoms with E-state index in [1.807, 2.05) is 0 Å². The first-order valence-electron chi connectivity index (χ1n) is 4.87. The van der Waals surface area contributed by atoms with Crippen molar-refractivity contribution in [2.45, 2.75) is 6.42 Å². The topological polar surface area (TPSA) is 53.4 Å². The van der Waals surface area contributed by atoms with E-state index < -0.39 is 0 Å². The summed E-state index contributed by atoms with van der Waals surface area (Å²) in [6, 6.07) is 1.53. The van der Waals surface area contributed by atoms with Crippen molar-refractivity contribution in [3.8, 4) is 5.75 Å². The van der Waals surface area contributed by atoms with Crippen LogP contribution in [0.1, 0.15) is 6.42 Å². The van der Waals surface area contributed by atoms with Gasteiger partial charge in [-0.3, -0.25) is 9.69 Å². The van der Waals surface area contributed by atoms with Gasteiger partial charge >= 0.3 is 0 Å². The molecule has 1 aliphatic rings. The molecule has 1 fully saturated rings. The van der Waals surface area contributed by atoms with Crippen molar-refractivity contribution in [3.63, 3.8) is 0 Å². The van der Waals surface area contributed by atoms with Crippen LogP contribution < -0.4 is 4.90 Å². The predicted molar refractivity (Wildman–Crippen MR) is 67.9 cm³/mol. The minimum atomic E-state index is -0.0100. The minimum absolute atomic E-state index is 0.0100. The molecule has 1 unspecified atom stereocenters. The second-order valence-electron chi connectivity index (χ2n) is 3.75. The molecule has 0 spiro atoms. The van der Waals surface area contributed by atoms with Crippen molar-refractivity contribution in [3.05, 3.63) is 16.7 Å². The molecule has 4 nitrogen and oxygen atoms in total. The van der Waals surface area contributed by atoms with Crippen molar-refractivity contribution in [1.29, 1.82) is 0 Å². The molecule has 1 amide bonds. The standard InChI is InChI=1S/C10H11BrN2O2S/c11-7-2-8(14)10(12-3-7)13-4-6(5-16)1-9(13)15/h2-3,6,14,16H,1,4-5H2. The van der Waals surface area contributed by atoms with Crippen LogP contribution in [0.4, 0.5) is 5.82 Å². The van der Waals surface area contributed by atoms with Crippen molar-refractivity contribution >= 4 is 40.3 Å². The van der Waals surface area contributed by atoms with Gasteiger partial charge in [0, 0.05) is 23.6 Å². The molecular weight excluding hydrogens is 292 g/mol. The summed E-state index contributed by atoms with van der Waals surface area (Å²) in [6.45, 7) is 0.574. The van der Waals surface area contributed by atoms with Gasteiger partial charge in [-0.2, -0.15) is 12.6 Å². The highest BCUT2D eigenvalue weighted by Crippen LogP contribution is 2.32. The molecule has 0 aliphatic carbocycles. The lowest BCUT2D eigenvalue weighted by molar-refractivity contribution is -0.117. The Balaban J connectivity index is 2.28. The fraction of sp³-hybridized carbons (Fsp3) is 0.400. The number of carbonyl (C=O) groups is 1. The number of halogens is 1. The zero-order chi connectivity index (χ0) is 11.7. The average Bonchev–Trinajstić information content (AvgIpc) is 2.60. The average molecular weight is 303 g/mol. The Hall–Kier alpha value is -0.750. The van der Waals surface area contributed by atoms with Gasteiger partial charge in [0.15, 0.2) is 11.6 Å². The summed E-state index contributed by atoms with van der Waals surface area (Å²) in [5.41, 5.74) is 0. The maximum atomic E-state index is 11.7. The third-order valence-electron chi connectivity index (χ3n) is 2.53. The molecule has 1 aromatic rings. The monoisotopic (exact) mass is 302 g/mol. The number of carbonyl (C=O) groups excluding carboxylic acids is 1. The van der Waals surface area contributed by atoms with Crippen molar-refractivity contribution in [2.24, 2.45) is 5.92 Å². The lowest BCUT2D eigenvalue weighted by atomic mass is 10.1. The van der Waals surface area contributed by atoms with Crippen LogP contribution in [-0.2, 0) is 4.79 Å². The van der Waals surface area contributed by atoms with Crippen molar-refractivity contribution < 1.29 is 9.90 Å². The molecule has 0 saturated carbocycles. The smallest absolute Gasteiger partial charge is 0.228 e. The van der Waals surface area contributed by atoms with Crippen molar-refractivity contribution in [2.75, 3.05) is 17.2 Å². The number of amides is 1. The number of hydrogen-bond acceptors (Lipinski definition) is 4. The van der Waals surface area contributed by atoms with Crippen LogP contribution in [0.5, 0.6) is 5.75 Å². The molecule has 0 aromatic carbocycles. The summed E-state index contributed by atoms with van der Waals surface area (Å²) < 4.78 is 0.686. The summed E-state index contributed by atoms with van der Waals surface area (Å²) in [5, 5.41) is 9.72. The van der Waals surface area contributed by atoms with Gasteiger partial charge in [0.1, 0.15) is 0 Å². The Morgan fingerprint density at radius 3 is 3.00 bits per heavy atom. The molecular formula is C10H11BrN2O2S. The molecule has 1 N–H and O–H groups in total. The lowest BCUT2D eigenvalue weighted by Gasteiger charge is -2.16. The molecule has 6 heteroatoms. The number of aromatic hydroxyl groups is 1. The molecule has 86 valence electrons. The highest BCUT2D eigenvalue weighted by molar-refractivity contribution is 9.10. The number of rotatable bonds is 2. The quantitative estimate of drug-likeness (QED) is 0.820. The van der Waals surface area contributed by atoms with Crippen LogP contribution in [0.2, 0.25) is 0 Å². The van der Waals surface area contributed by atoms with Gasteiger partial charge in [-0.25, -0.2) is 4.98 Å². The van der Waals surface area contributed by atoms with Crippen LogP contribution in [0.3, 0.4) is 0 Å². The van der Waals surface area contributed by atoms with Crippen LogP contribution in [0, 0.1) is 5.92 Å². The molecule has 1 atom stereocenters. The Kier molecular flexibility index (Phi) is 3.39. The molecule has 0 bridgehead atoms. The second-order valence-corrected chi connectivity index (χ2v) is 5.03. The largest absolute Gasteiger partial charge is 0.504 e. The fourth-order valence-electron chi connectivity index (χ4n) is 1.74. The maximum absolute atomic E-state index is 11.7. The van der Waals surface area contributed by atoms with E-state index in [0.29, 0.717) is 29.0 Å². The normalized spacial score (nSPS) is 20.5. The Morgan fingerprint density at radius 2 is 2.44 bits per heavy atom. The minimum Gasteiger partial charge on any atom is -0.504 e. The summed E-state index contributed by atoms with van der Waals surface area (Å²) in [4.78, 5) is 17.3. The third kappa shape index (κ3) is 2.17. The van der Waals surface area contributed by atoms with Crippen LogP contribution in [0.15, 0.2) is 16.7 Å². The number of hydrogen-bond donors (Lipinski definition) is 2. The summed E-state index contributed by atoms with van der Waals surface area (Å²) in [7, 11) is 0. The number of thiol groups is 1. The highest BCUT2D eigenvalue weighted by atomic mass is 79.9. The summed E-state index contributed by atoms with van der Waals surface area (Å²) in [5.74, 6) is 1.24. The van der Waals surface area contributed by atoms with Gasteiger partial charge in [-0.05, 0) is 33.7 Å². The highest BCUT2D eigenvalue weighted by Gasteiger charge is 2.31. The van der Waals surface area contributed by atoms with Crippen LogP contribution >= 0.6 is 28.6 Å². The van der Waals surface area contributed by atoms with E-state index in [4.69, 9.17) is 0 Å². The van der Waals surface area contributed by atoms with Gasteiger partial charge in [-0.15, -0.1) is 0 Å². The zero-order valence-corrected chi connectivity index (χ0v) is 10.9. The van der Waals surface area contributed by atoms with E-state index in [-0.39, 0.29) is 17.6 Å². The lowest BCUT2D eigenvalue weighted by Crippen LogP contribution is -2.25. The number of pyridine rings is 1. The molecule has 2 rings (SSSR count). The number of aromatic nitrogens is 1. The third-order valence-corrected chi connectivity index (χ3v) is 3.48. The number of anilines is 1. The molecule has 0 radical (unpaired) electrons. The van der Waals surface area contributed by atoms with E-state index >= 15 is 0 Å². The van der Waals surface area contributed by atoms with Gasteiger partial charge in [-0.1, -0.05) is 0 Å². The van der Waals surface area contributed by atoms with Crippen molar-refractivity contribution in [1.82, 2.24) is 4.98 Å². The summed E-state index contributed by atoms with van der Waals surface area (Å²) >= 11 is 7.39. The zero-order valence-electron chi connectivity index (χ0n) is 8.43. The Morgan fingerprint density at radius 1 is 1.69 bits per heavy atom. The Labute approximate surface area is 107 Å². The van der Waals surface area contributed by atoms with E-state index in [9.17, 15) is 9.90 Å².